The topological polar surface area (TPSA) is 69.7 Å². The van der Waals surface area contributed by atoms with Crippen molar-refractivity contribution < 1.29 is 13.2 Å². The molecule has 1 atom stereocenters. The van der Waals surface area contributed by atoms with E-state index >= 15 is 0 Å². The second-order valence-corrected chi connectivity index (χ2v) is 9.57. The van der Waals surface area contributed by atoms with E-state index in [2.05, 4.69) is 5.32 Å². The van der Waals surface area contributed by atoms with E-state index in [1.165, 1.54) is 12.1 Å². The molecule has 0 aliphatic carbocycles. The lowest BCUT2D eigenvalue weighted by Crippen LogP contribution is -2.49. The molecule has 1 N–H and O–H groups in total. The minimum absolute atomic E-state index is 0.0618. The Labute approximate surface area is 172 Å². The fourth-order valence-corrected chi connectivity index (χ4v) is 4.66. The van der Waals surface area contributed by atoms with E-state index < -0.39 is 22.1 Å². The minimum Gasteiger partial charge on any atom is -0.378 e. The van der Waals surface area contributed by atoms with E-state index in [4.69, 9.17) is 0 Å². The number of nitrogens with zero attached hydrogens (tertiary/aromatic N) is 2. The van der Waals surface area contributed by atoms with Gasteiger partial charge >= 0.3 is 6.03 Å². The smallest absolute Gasteiger partial charge is 0.336 e. The Bertz CT molecular complexity index is 1020. The van der Waals surface area contributed by atoms with Gasteiger partial charge in [0.1, 0.15) is 0 Å². The number of urea groups is 1. The number of allylic oxidation sites excluding steroid dienone is 1. The summed E-state index contributed by atoms with van der Waals surface area (Å²) in [6, 6.07) is 12.7. The van der Waals surface area contributed by atoms with Crippen LogP contribution in [-0.2, 0) is 10.0 Å². The molecule has 0 saturated carbocycles. The molecule has 6 nitrogen and oxygen atoms in total. The van der Waals surface area contributed by atoms with Gasteiger partial charge in [-0.3, -0.25) is 0 Å². The highest BCUT2D eigenvalue weighted by Crippen LogP contribution is 2.34. The van der Waals surface area contributed by atoms with Crippen molar-refractivity contribution in [3.05, 3.63) is 71.4 Å². The van der Waals surface area contributed by atoms with E-state index in [9.17, 15) is 13.2 Å². The summed E-state index contributed by atoms with van der Waals surface area (Å²) in [5, 5.41) is 2.74. The van der Waals surface area contributed by atoms with Gasteiger partial charge in [-0.15, -0.1) is 0 Å². The third-order valence-electron chi connectivity index (χ3n) is 4.99. The molecule has 0 saturated heterocycles. The SMILES string of the molecule is Cc1ccc(S(=O)(=O)N2C(=O)NC(C(C)C)=CC2c2ccc(N(C)C)cc2)cc1. The highest BCUT2D eigenvalue weighted by Gasteiger charge is 2.39. The highest BCUT2D eigenvalue weighted by atomic mass is 32.2. The molecule has 0 fully saturated rings. The number of amides is 2. The molecule has 0 spiro atoms. The Morgan fingerprint density at radius 1 is 1.00 bits per heavy atom. The Kier molecular flexibility index (Phi) is 5.71. The summed E-state index contributed by atoms with van der Waals surface area (Å²) in [5.41, 5.74) is 3.39. The lowest BCUT2D eigenvalue weighted by Gasteiger charge is -2.35. The van der Waals surface area contributed by atoms with Gasteiger partial charge in [-0.05, 0) is 48.7 Å². The number of carbonyl (C=O) groups is 1. The second kappa shape index (κ2) is 7.91. The molecule has 1 aliphatic rings. The largest absolute Gasteiger partial charge is 0.378 e. The van der Waals surface area contributed by atoms with Crippen molar-refractivity contribution in [1.82, 2.24) is 9.62 Å². The number of sulfonamides is 1. The number of carbonyl (C=O) groups excluding carboxylic acids is 1. The molecule has 7 heteroatoms. The van der Waals surface area contributed by atoms with Crippen LogP contribution in [0.1, 0.15) is 31.0 Å². The molecule has 0 radical (unpaired) electrons. The van der Waals surface area contributed by atoms with Gasteiger partial charge in [-0.25, -0.2) is 17.5 Å². The maximum absolute atomic E-state index is 13.4. The first-order valence-electron chi connectivity index (χ1n) is 9.52. The van der Waals surface area contributed by atoms with Crippen molar-refractivity contribution in [3.63, 3.8) is 0 Å². The van der Waals surface area contributed by atoms with E-state index in [0.29, 0.717) is 5.70 Å². The van der Waals surface area contributed by atoms with Gasteiger partial charge < -0.3 is 10.2 Å². The highest BCUT2D eigenvalue weighted by molar-refractivity contribution is 7.89. The summed E-state index contributed by atoms with van der Waals surface area (Å²) < 4.78 is 27.7. The second-order valence-electron chi connectivity index (χ2n) is 7.75. The van der Waals surface area contributed by atoms with Gasteiger partial charge in [-0.1, -0.05) is 43.7 Å². The number of rotatable bonds is 5. The van der Waals surface area contributed by atoms with E-state index in [1.54, 1.807) is 12.1 Å². The van der Waals surface area contributed by atoms with Gasteiger partial charge in [0, 0.05) is 25.5 Å². The molecule has 0 aromatic heterocycles. The van der Waals surface area contributed by atoms with Gasteiger partial charge in [-0.2, -0.15) is 0 Å². The zero-order valence-electron chi connectivity index (χ0n) is 17.4. The third-order valence-corrected chi connectivity index (χ3v) is 6.77. The summed E-state index contributed by atoms with van der Waals surface area (Å²) in [4.78, 5) is 15.0. The lowest BCUT2D eigenvalue weighted by molar-refractivity contribution is 0.215. The molecule has 2 aromatic rings. The number of anilines is 1. The van der Waals surface area contributed by atoms with Gasteiger partial charge in [0.2, 0.25) is 0 Å². The normalized spacial score (nSPS) is 17.2. The van der Waals surface area contributed by atoms with Crippen LogP contribution in [0.15, 0.2) is 65.2 Å². The van der Waals surface area contributed by atoms with E-state index in [0.717, 1.165) is 21.1 Å². The monoisotopic (exact) mass is 413 g/mol. The molecule has 0 bridgehead atoms. The Morgan fingerprint density at radius 2 is 1.59 bits per heavy atom. The average molecular weight is 414 g/mol. The molecule has 2 amide bonds. The van der Waals surface area contributed by atoms with Crippen LogP contribution in [0, 0.1) is 12.8 Å². The van der Waals surface area contributed by atoms with Gasteiger partial charge in [0.25, 0.3) is 10.0 Å². The molecule has 154 valence electrons. The predicted molar refractivity (Wildman–Crippen MR) is 115 cm³/mol. The van der Waals surface area contributed by atoms with Crippen molar-refractivity contribution in [2.24, 2.45) is 5.92 Å². The van der Waals surface area contributed by atoms with Crippen LogP contribution in [0.4, 0.5) is 10.5 Å². The molecule has 3 rings (SSSR count). The molecular formula is C22H27N3O3S. The zero-order valence-corrected chi connectivity index (χ0v) is 18.2. The van der Waals surface area contributed by atoms with Crippen LogP contribution >= 0.6 is 0 Å². The van der Waals surface area contributed by atoms with Crippen molar-refractivity contribution in [2.45, 2.75) is 31.7 Å². The predicted octanol–water partition coefficient (Wildman–Crippen LogP) is 4.06. The van der Waals surface area contributed by atoms with E-state index in [-0.39, 0.29) is 10.8 Å². The summed E-state index contributed by atoms with van der Waals surface area (Å²) >= 11 is 0. The fraction of sp³-hybridized carbons (Fsp3) is 0.318. The van der Waals surface area contributed by atoms with Crippen LogP contribution in [-0.4, -0.2) is 32.8 Å². The maximum atomic E-state index is 13.4. The number of hydrogen-bond donors (Lipinski definition) is 1. The molecule has 1 heterocycles. The van der Waals surface area contributed by atoms with Crippen LogP contribution in [0.3, 0.4) is 0 Å². The Morgan fingerprint density at radius 3 is 2.10 bits per heavy atom. The fourth-order valence-electron chi connectivity index (χ4n) is 3.20. The molecule has 1 aliphatic heterocycles. The van der Waals surface area contributed by atoms with Crippen LogP contribution in [0.25, 0.3) is 0 Å². The number of nitrogens with one attached hydrogen (secondary N) is 1. The van der Waals surface area contributed by atoms with Gasteiger partial charge in [0.15, 0.2) is 0 Å². The average Bonchev–Trinajstić information content (AvgIpc) is 2.67. The maximum Gasteiger partial charge on any atom is 0.336 e. The van der Waals surface area contributed by atoms with E-state index in [1.807, 2.05) is 70.1 Å². The van der Waals surface area contributed by atoms with Gasteiger partial charge in [0.05, 0.1) is 10.9 Å². The third kappa shape index (κ3) is 4.15. The zero-order chi connectivity index (χ0) is 21.3. The first kappa shape index (κ1) is 20.9. The number of benzene rings is 2. The lowest BCUT2D eigenvalue weighted by atomic mass is 10.00. The number of aryl methyl sites for hydroxylation is 1. The minimum atomic E-state index is -4.03. The molecule has 1 unspecified atom stereocenters. The summed E-state index contributed by atoms with van der Waals surface area (Å²) in [5.74, 6) is 0.0618. The van der Waals surface area contributed by atoms with Crippen LogP contribution in [0.5, 0.6) is 0 Å². The van der Waals surface area contributed by atoms with Crippen molar-refractivity contribution in [1.29, 1.82) is 0 Å². The number of hydrogen-bond acceptors (Lipinski definition) is 4. The Balaban J connectivity index is 2.12. The van der Waals surface area contributed by atoms with Crippen LogP contribution in [0.2, 0.25) is 0 Å². The first-order valence-corrected chi connectivity index (χ1v) is 11.0. The van der Waals surface area contributed by atoms with Crippen LogP contribution < -0.4 is 10.2 Å². The van der Waals surface area contributed by atoms with Crippen molar-refractivity contribution >= 4 is 21.7 Å². The summed E-state index contributed by atoms with van der Waals surface area (Å²) in [6.07, 6.45) is 1.82. The molecular weight excluding hydrogens is 386 g/mol. The first-order chi connectivity index (χ1) is 13.6. The Hall–Kier alpha value is -2.80. The summed E-state index contributed by atoms with van der Waals surface area (Å²) in [6.45, 7) is 5.81. The quantitative estimate of drug-likeness (QED) is 0.803. The molecule has 29 heavy (non-hydrogen) atoms. The summed E-state index contributed by atoms with van der Waals surface area (Å²) in [7, 11) is -0.158. The van der Waals surface area contributed by atoms with Crippen molar-refractivity contribution in [3.8, 4) is 0 Å². The van der Waals surface area contributed by atoms with Crippen molar-refractivity contribution in [2.75, 3.05) is 19.0 Å². The standard InChI is InChI=1S/C22H27N3O3S/c1-15(2)20-14-21(17-8-10-18(11-9-17)24(4)5)25(22(26)23-20)29(27,28)19-12-6-16(3)7-13-19/h6-15,21H,1-5H3,(H,23,26). The molecule has 2 aromatic carbocycles.